The van der Waals surface area contributed by atoms with Gasteiger partial charge in [0.15, 0.2) is 0 Å². The molecule has 0 aliphatic carbocycles. The first kappa shape index (κ1) is 54.1. The van der Waals surface area contributed by atoms with Crippen molar-refractivity contribution in [1.29, 1.82) is 0 Å². The van der Waals surface area contributed by atoms with Crippen LogP contribution in [0.2, 0.25) is 0 Å². The number of rotatable bonds is 10. The highest BCUT2D eigenvalue weighted by Gasteiger charge is 1.90. The smallest absolute Gasteiger partial charge is 0.0448 e. The lowest BCUT2D eigenvalue weighted by Crippen LogP contribution is -1.85. The molecule has 214 valence electrons. The largest absolute Gasteiger partial charge is 0.0776 e. The average Bonchev–Trinajstić information content (AvgIpc) is 2.82. The fourth-order valence-corrected chi connectivity index (χ4v) is 1.44. The molecule has 0 amide bonds. The summed E-state index contributed by atoms with van der Waals surface area (Å²) >= 11 is 0. The maximum atomic E-state index is 2.28. The SMILES string of the molecule is C.C.C.CCC(C)CC.CCC(C)CC.CCC(C)CC.CCC(C)CC.CCC(C)CC. The summed E-state index contributed by atoms with van der Waals surface area (Å²) in [5.41, 5.74) is 0. The second-order valence-electron chi connectivity index (χ2n) is 9.61. The van der Waals surface area contributed by atoms with Gasteiger partial charge in [0.1, 0.15) is 0 Å². The van der Waals surface area contributed by atoms with Crippen LogP contribution >= 0.6 is 0 Å². The van der Waals surface area contributed by atoms with Gasteiger partial charge in [0.25, 0.3) is 0 Å². The first-order chi connectivity index (χ1) is 14.0. The third kappa shape index (κ3) is 72.0. The Morgan fingerprint density at radius 2 is 0.303 bits per heavy atom. The van der Waals surface area contributed by atoms with Crippen molar-refractivity contribution < 1.29 is 0 Å². The van der Waals surface area contributed by atoms with Gasteiger partial charge in [-0.15, -0.1) is 0 Å². The van der Waals surface area contributed by atoms with E-state index in [1.165, 1.54) is 64.2 Å². The summed E-state index contributed by atoms with van der Waals surface area (Å²) < 4.78 is 0. The third-order valence-electron chi connectivity index (χ3n) is 6.97. The Bertz CT molecular complexity index is 154. The minimum absolute atomic E-state index is 0. The monoisotopic (exact) mass is 479 g/mol. The second-order valence-corrected chi connectivity index (χ2v) is 9.61. The number of hydrogen-bond acceptors (Lipinski definition) is 0. The van der Waals surface area contributed by atoms with E-state index < -0.39 is 0 Å². The van der Waals surface area contributed by atoms with Gasteiger partial charge in [0, 0.05) is 0 Å². The Hall–Kier alpha value is 0. The van der Waals surface area contributed by atoms with Gasteiger partial charge >= 0.3 is 0 Å². The lowest BCUT2D eigenvalue weighted by Gasteiger charge is -1.98. The molecule has 0 N–H and O–H groups in total. The summed E-state index contributed by atoms with van der Waals surface area (Å²) in [7, 11) is 0. The van der Waals surface area contributed by atoms with Gasteiger partial charge in [-0.25, -0.2) is 0 Å². The van der Waals surface area contributed by atoms with Crippen LogP contribution in [0.15, 0.2) is 0 Å². The molecule has 0 rings (SSSR count). The molecular formula is C33H82. The van der Waals surface area contributed by atoms with E-state index in [2.05, 4.69) is 104 Å². The minimum atomic E-state index is 0. The molecule has 0 radical (unpaired) electrons. The van der Waals surface area contributed by atoms with Crippen LogP contribution in [0.3, 0.4) is 0 Å². The first-order valence-corrected chi connectivity index (χ1v) is 14.0. The van der Waals surface area contributed by atoms with Gasteiger partial charge in [-0.05, 0) is 29.6 Å². The Morgan fingerprint density at radius 3 is 0.303 bits per heavy atom. The van der Waals surface area contributed by atoms with Crippen LogP contribution in [0.1, 0.15) is 190 Å². The third-order valence-corrected chi connectivity index (χ3v) is 6.97. The summed E-state index contributed by atoms with van der Waals surface area (Å²) in [4.78, 5) is 0. The summed E-state index contributed by atoms with van der Waals surface area (Å²) in [6.07, 6.45) is 13.3. The molecule has 0 aromatic rings. The van der Waals surface area contributed by atoms with Gasteiger partial charge in [-0.3, -0.25) is 0 Å². The molecule has 0 aliphatic heterocycles. The highest BCUT2D eigenvalue weighted by atomic mass is 14.0. The predicted octanol–water partition coefficient (Wildman–Crippen LogP) is 14.1. The Balaban J connectivity index is -0.0000000386. The molecule has 0 heteroatoms. The van der Waals surface area contributed by atoms with Crippen molar-refractivity contribution in [2.45, 2.75) is 190 Å². The van der Waals surface area contributed by atoms with E-state index in [0.29, 0.717) is 0 Å². The maximum Gasteiger partial charge on any atom is -0.0448 e. The van der Waals surface area contributed by atoms with Crippen LogP contribution in [0.5, 0.6) is 0 Å². The molecule has 0 spiro atoms. The topological polar surface area (TPSA) is 0 Å². The van der Waals surface area contributed by atoms with E-state index in [0.717, 1.165) is 29.6 Å². The molecule has 0 aliphatic rings. The molecule has 0 bridgehead atoms. The van der Waals surface area contributed by atoms with Crippen molar-refractivity contribution >= 4 is 0 Å². The van der Waals surface area contributed by atoms with Crippen LogP contribution in [0.4, 0.5) is 0 Å². The predicted molar refractivity (Wildman–Crippen MR) is 169 cm³/mol. The van der Waals surface area contributed by atoms with Crippen molar-refractivity contribution in [3.8, 4) is 0 Å². The molecule has 0 fully saturated rings. The van der Waals surface area contributed by atoms with Crippen molar-refractivity contribution in [2.24, 2.45) is 29.6 Å². The van der Waals surface area contributed by atoms with E-state index in [1.807, 2.05) is 0 Å². The highest BCUT2D eigenvalue weighted by molar-refractivity contribution is 4.43. The molecule has 0 unspecified atom stereocenters. The minimum Gasteiger partial charge on any atom is -0.0776 e. The molecule has 0 aromatic heterocycles. The normalized spacial score (nSPS) is 9.09. The van der Waals surface area contributed by atoms with E-state index in [9.17, 15) is 0 Å². The summed E-state index contributed by atoms with van der Waals surface area (Å²) in [6, 6.07) is 0. The highest BCUT2D eigenvalue weighted by Crippen LogP contribution is 2.04. The molecule has 0 atom stereocenters. The Kier molecular flexibility index (Phi) is 80.6. The molecule has 0 saturated heterocycles. The van der Waals surface area contributed by atoms with Crippen LogP contribution < -0.4 is 0 Å². The molecule has 0 saturated carbocycles. The molecule has 0 aromatic carbocycles. The maximum absolute atomic E-state index is 2.28. The second kappa shape index (κ2) is 49.2. The van der Waals surface area contributed by atoms with Crippen molar-refractivity contribution in [2.75, 3.05) is 0 Å². The van der Waals surface area contributed by atoms with Crippen LogP contribution in [0, 0.1) is 29.6 Å². The molecular weight excluding hydrogens is 396 g/mol. The molecule has 0 heterocycles. The Labute approximate surface area is 219 Å². The standard InChI is InChI=1S/5C6H14.3CH4/c5*1-4-6(3)5-2;;;/h5*6H,4-5H2,1-3H3;3*1H4. The van der Waals surface area contributed by atoms with E-state index in [-0.39, 0.29) is 22.3 Å². The fourth-order valence-electron chi connectivity index (χ4n) is 1.44. The van der Waals surface area contributed by atoms with Crippen LogP contribution in [-0.4, -0.2) is 0 Å². The first-order valence-electron chi connectivity index (χ1n) is 14.0. The van der Waals surface area contributed by atoms with Gasteiger partial charge < -0.3 is 0 Å². The van der Waals surface area contributed by atoms with Gasteiger partial charge in [0.2, 0.25) is 0 Å². The van der Waals surface area contributed by atoms with Crippen molar-refractivity contribution in [3.63, 3.8) is 0 Å². The van der Waals surface area contributed by atoms with Crippen molar-refractivity contribution in [3.05, 3.63) is 0 Å². The lowest BCUT2D eigenvalue weighted by molar-refractivity contribution is 0.544. The zero-order valence-electron chi connectivity index (χ0n) is 25.0. The zero-order chi connectivity index (χ0) is 25.0. The van der Waals surface area contributed by atoms with Crippen LogP contribution in [0.25, 0.3) is 0 Å². The molecule has 0 nitrogen and oxygen atoms in total. The van der Waals surface area contributed by atoms with Gasteiger partial charge in [-0.1, -0.05) is 190 Å². The number of hydrogen-bond donors (Lipinski definition) is 0. The summed E-state index contributed by atoms with van der Waals surface area (Å²) in [6.45, 7) is 33.7. The summed E-state index contributed by atoms with van der Waals surface area (Å²) in [5.74, 6) is 4.68. The Morgan fingerprint density at radius 1 is 0.242 bits per heavy atom. The van der Waals surface area contributed by atoms with E-state index in [1.54, 1.807) is 0 Å². The quantitative estimate of drug-likeness (QED) is 0.293. The van der Waals surface area contributed by atoms with E-state index >= 15 is 0 Å². The lowest BCUT2D eigenvalue weighted by atomic mass is 10.1. The average molecular weight is 479 g/mol. The summed E-state index contributed by atoms with van der Waals surface area (Å²) in [5, 5.41) is 0. The van der Waals surface area contributed by atoms with E-state index in [4.69, 9.17) is 0 Å². The molecule has 33 heavy (non-hydrogen) atoms. The van der Waals surface area contributed by atoms with Crippen LogP contribution in [-0.2, 0) is 0 Å². The van der Waals surface area contributed by atoms with Gasteiger partial charge in [-0.2, -0.15) is 0 Å². The fraction of sp³-hybridized carbons (Fsp3) is 1.00. The van der Waals surface area contributed by atoms with Gasteiger partial charge in [0.05, 0.1) is 0 Å². The van der Waals surface area contributed by atoms with Crippen molar-refractivity contribution in [1.82, 2.24) is 0 Å². The zero-order valence-corrected chi connectivity index (χ0v) is 25.0.